The summed E-state index contributed by atoms with van der Waals surface area (Å²) in [5.74, 6) is -0.523. The van der Waals surface area contributed by atoms with Gasteiger partial charge in [-0.15, -0.1) is 0 Å². The van der Waals surface area contributed by atoms with Crippen LogP contribution in [0.3, 0.4) is 0 Å². The molecule has 162 valence electrons. The molecule has 2 N–H and O–H groups in total. The number of esters is 1. The third-order valence-electron chi connectivity index (χ3n) is 4.52. The monoisotopic (exact) mass is 406 g/mol. The molecule has 1 heterocycles. The van der Waals surface area contributed by atoms with E-state index in [1.807, 2.05) is 51.1 Å². The molecule has 2 rings (SSSR count). The van der Waals surface area contributed by atoms with Gasteiger partial charge in [-0.25, -0.2) is 4.79 Å². The van der Waals surface area contributed by atoms with E-state index in [1.54, 1.807) is 0 Å². The molecule has 0 radical (unpaired) electrons. The molecule has 29 heavy (non-hydrogen) atoms. The normalized spacial score (nSPS) is 19.4. The van der Waals surface area contributed by atoms with Gasteiger partial charge in [0.1, 0.15) is 12.2 Å². The lowest BCUT2D eigenvalue weighted by molar-refractivity contribution is -0.157. The molecular formula is C22H34N2O5. The Morgan fingerprint density at radius 1 is 1.17 bits per heavy atom. The summed E-state index contributed by atoms with van der Waals surface area (Å²) >= 11 is 0. The lowest BCUT2D eigenvalue weighted by atomic mass is 9.96. The Hall–Kier alpha value is -2.12. The summed E-state index contributed by atoms with van der Waals surface area (Å²) in [6.07, 6.45) is 1.82. The molecule has 1 saturated heterocycles. The molecular weight excluding hydrogens is 372 g/mol. The van der Waals surface area contributed by atoms with Crippen molar-refractivity contribution in [2.45, 2.75) is 58.3 Å². The molecule has 1 aromatic carbocycles. The number of unbranched alkanes of at least 4 members (excludes halogenated alkanes) is 1. The molecule has 2 atom stereocenters. The zero-order valence-electron chi connectivity index (χ0n) is 17.7. The highest BCUT2D eigenvalue weighted by atomic mass is 16.6. The van der Waals surface area contributed by atoms with Crippen LogP contribution in [0.1, 0.15) is 45.6 Å². The zero-order valence-corrected chi connectivity index (χ0v) is 17.7. The van der Waals surface area contributed by atoms with Crippen LogP contribution in [-0.2, 0) is 25.6 Å². The maximum Gasteiger partial charge on any atom is 0.407 e. The molecule has 0 aromatic heterocycles. The van der Waals surface area contributed by atoms with Gasteiger partial charge in [-0.2, -0.15) is 0 Å². The van der Waals surface area contributed by atoms with Crippen molar-refractivity contribution in [2.75, 3.05) is 26.2 Å². The summed E-state index contributed by atoms with van der Waals surface area (Å²) in [7, 11) is 0. The van der Waals surface area contributed by atoms with Crippen LogP contribution in [0.2, 0.25) is 0 Å². The fraction of sp³-hybridized carbons (Fsp3) is 0.636. The number of piperidine rings is 1. The summed E-state index contributed by atoms with van der Waals surface area (Å²) in [6, 6.07) is 9.66. The van der Waals surface area contributed by atoms with E-state index in [1.165, 1.54) is 0 Å². The van der Waals surface area contributed by atoms with Crippen molar-refractivity contribution in [2.24, 2.45) is 5.92 Å². The number of nitrogens with one attached hydrogen (secondary N) is 2. The maximum absolute atomic E-state index is 12.5. The van der Waals surface area contributed by atoms with Crippen molar-refractivity contribution in [3.63, 3.8) is 0 Å². The number of carbonyl (C=O) groups excluding carboxylic acids is 2. The van der Waals surface area contributed by atoms with Gasteiger partial charge in [0.25, 0.3) is 0 Å². The number of carbonyl (C=O) groups is 2. The Balaban J connectivity index is 1.65. The minimum Gasteiger partial charge on any atom is -0.460 e. The highest BCUT2D eigenvalue weighted by molar-refractivity contribution is 5.73. The van der Waals surface area contributed by atoms with Crippen LogP contribution in [0.5, 0.6) is 0 Å². The Morgan fingerprint density at radius 3 is 2.66 bits per heavy atom. The van der Waals surface area contributed by atoms with E-state index in [0.29, 0.717) is 19.7 Å². The van der Waals surface area contributed by atoms with E-state index < -0.39 is 11.7 Å². The van der Waals surface area contributed by atoms with Crippen LogP contribution < -0.4 is 10.6 Å². The highest BCUT2D eigenvalue weighted by Gasteiger charge is 2.32. The van der Waals surface area contributed by atoms with Gasteiger partial charge in [-0.1, -0.05) is 30.3 Å². The Labute approximate surface area is 173 Å². The lowest BCUT2D eigenvalue weighted by Crippen LogP contribution is -2.46. The van der Waals surface area contributed by atoms with Crippen molar-refractivity contribution in [3.8, 4) is 0 Å². The number of ether oxygens (including phenoxy) is 3. The van der Waals surface area contributed by atoms with Gasteiger partial charge in [0.15, 0.2) is 0 Å². The maximum atomic E-state index is 12.5. The zero-order chi connectivity index (χ0) is 21.1. The topological polar surface area (TPSA) is 85.9 Å². The summed E-state index contributed by atoms with van der Waals surface area (Å²) in [5, 5.41) is 5.98. The van der Waals surface area contributed by atoms with Crippen LogP contribution in [0, 0.1) is 5.92 Å². The quantitative estimate of drug-likeness (QED) is 0.484. The van der Waals surface area contributed by atoms with Crippen molar-refractivity contribution < 1.29 is 23.8 Å². The fourth-order valence-electron chi connectivity index (χ4n) is 3.07. The molecule has 0 spiro atoms. The lowest BCUT2D eigenvalue weighted by Gasteiger charge is -2.30. The summed E-state index contributed by atoms with van der Waals surface area (Å²) in [6.45, 7) is 8.25. The third kappa shape index (κ3) is 9.28. The number of amides is 1. The summed E-state index contributed by atoms with van der Waals surface area (Å²) < 4.78 is 16.7. The largest absolute Gasteiger partial charge is 0.460 e. The molecule has 1 aromatic rings. The van der Waals surface area contributed by atoms with E-state index in [2.05, 4.69) is 10.6 Å². The van der Waals surface area contributed by atoms with Crippen molar-refractivity contribution >= 4 is 12.1 Å². The smallest absolute Gasteiger partial charge is 0.407 e. The average molecular weight is 407 g/mol. The Kier molecular flexibility index (Phi) is 9.41. The average Bonchev–Trinajstić information content (AvgIpc) is 2.68. The van der Waals surface area contributed by atoms with Gasteiger partial charge in [-0.05, 0) is 52.1 Å². The van der Waals surface area contributed by atoms with Crippen molar-refractivity contribution in [1.29, 1.82) is 0 Å². The number of alkyl carbamates (subject to hydrolysis) is 1. The van der Waals surface area contributed by atoms with Gasteiger partial charge in [0, 0.05) is 19.7 Å². The molecule has 0 bridgehead atoms. The second kappa shape index (κ2) is 11.8. The van der Waals surface area contributed by atoms with E-state index >= 15 is 0 Å². The summed E-state index contributed by atoms with van der Waals surface area (Å²) in [4.78, 5) is 24.1. The van der Waals surface area contributed by atoms with Gasteiger partial charge < -0.3 is 24.8 Å². The van der Waals surface area contributed by atoms with E-state index in [4.69, 9.17) is 14.2 Å². The molecule has 2 unspecified atom stereocenters. The minimum absolute atomic E-state index is 0.140. The highest BCUT2D eigenvalue weighted by Crippen LogP contribution is 2.18. The minimum atomic E-state index is -0.494. The first-order valence-corrected chi connectivity index (χ1v) is 10.3. The van der Waals surface area contributed by atoms with Crippen LogP contribution in [0.4, 0.5) is 4.79 Å². The first-order chi connectivity index (χ1) is 13.8. The van der Waals surface area contributed by atoms with Crippen LogP contribution in [0.25, 0.3) is 0 Å². The number of hydrogen-bond donors (Lipinski definition) is 2. The standard InChI is InChI=1S/C22H34N2O5/c1-22(2,3)29-21(26)24-12-7-8-14-27-19-11-13-23-15-18(19)20(25)28-16-17-9-5-4-6-10-17/h4-6,9-10,18-19,23H,7-8,11-16H2,1-3H3,(H,24,26). The Morgan fingerprint density at radius 2 is 1.93 bits per heavy atom. The first kappa shape index (κ1) is 23.2. The van der Waals surface area contributed by atoms with Crippen molar-refractivity contribution in [3.05, 3.63) is 35.9 Å². The molecule has 1 aliphatic rings. The first-order valence-electron chi connectivity index (χ1n) is 10.3. The molecule has 7 heteroatoms. The number of hydrogen-bond acceptors (Lipinski definition) is 6. The molecule has 0 aliphatic carbocycles. The van der Waals surface area contributed by atoms with Crippen LogP contribution >= 0.6 is 0 Å². The number of benzene rings is 1. The van der Waals surface area contributed by atoms with Gasteiger partial charge in [0.2, 0.25) is 0 Å². The summed E-state index contributed by atoms with van der Waals surface area (Å²) in [5.41, 5.74) is 0.478. The van der Waals surface area contributed by atoms with E-state index in [0.717, 1.165) is 31.4 Å². The SMILES string of the molecule is CC(C)(C)OC(=O)NCCCCOC1CCNCC1C(=O)OCc1ccccc1. The third-order valence-corrected chi connectivity index (χ3v) is 4.52. The second-order valence-corrected chi connectivity index (χ2v) is 8.24. The van der Waals surface area contributed by atoms with Gasteiger partial charge in [-0.3, -0.25) is 4.79 Å². The van der Waals surface area contributed by atoms with Crippen LogP contribution in [0.15, 0.2) is 30.3 Å². The molecule has 0 saturated carbocycles. The van der Waals surface area contributed by atoms with Gasteiger partial charge >= 0.3 is 12.1 Å². The number of rotatable bonds is 9. The van der Waals surface area contributed by atoms with E-state index in [-0.39, 0.29) is 24.6 Å². The molecule has 7 nitrogen and oxygen atoms in total. The van der Waals surface area contributed by atoms with Crippen molar-refractivity contribution in [1.82, 2.24) is 10.6 Å². The van der Waals surface area contributed by atoms with Crippen LogP contribution in [-0.4, -0.2) is 50.0 Å². The van der Waals surface area contributed by atoms with E-state index in [9.17, 15) is 9.59 Å². The fourth-order valence-corrected chi connectivity index (χ4v) is 3.07. The molecule has 1 aliphatic heterocycles. The van der Waals surface area contributed by atoms with Gasteiger partial charge in [0.05, 0.1) is 12.0 Å². The second-order valence-electron chi connectivity index (χ2n) is 8.24. The predicted molar refractivity (Wildman–Crippen MR) is 110 cm³/mol. The molecule has 1 amide bonds. The molecule has 1 fully saturated rings. The predicted octanol–water partition coefficient (Wildman–Crippen LogP) is 3.03. The Bertz CT molecular complexity index is 630.